The van der Waals surface area contributed by atoms with Gasteiger partial charge in [0, 0.05) is 17.8 Å². The molecule has 1 aromatic heterocycles. The summed E-state index contributed by atoms with van der Waals surface area (Å²) in [5, 5.41) is 0. The molecule has 0 saturated carbocycles. The molecule has 0 bridgehead atoms. The van der Waals surface area contributed by atoms with E-state index in [0.717, 1.165) is 5.56 Å². The van der Waals surface area contributed by atoms with Crippen LogP contribution in [-0.2, 0) is 6.42 Å². The minimum Gasteiger partial charge on any atom is -0.293 e. The average molecular weight is 258 g/mol. The van der Waals surface area contributed by atoms with Crippen molar-refractivity contribution in [1.82, 2.24) is 9.97 Å². The number of halogens is 1. The van der Waals surface area contributed by atoms with Crippen molar-refractivity contribution in [1.29, 1.82) is 0 Å². The molecule has 0 aliphatic rings. The Hall–Kier alpha value is -2.10. The highest BCUT2D eigenvalue weighted by Gasteiger charge is 2.29. The molecule has 0 unspecified atom stereocenters. The fourth-order valence-corrected chi connectivity index (χ4v) is 2.00. The number of ketones is 1. The number of hydrogen-bond acceptors (Lipinski definition) is 3. The molecule has 1 heterocycles. The van der Waals surface area contributed by atoms with Gasteiger partial charge in [-0.1, -0.05) is 26.0 Å². The lowest BCUT2D eigenvalue weighted by Gasteiger charge is -2.22. The summed E-state index contributed by atoms with van der Waals surface area (Å²) < 4.78 is 12.9. The van der Waals surface area contributed by atoms with E-state index in [9.17, 15) is 9.18 Å². The number of hydrogen-bond donors (Lipinski definition) is 0. The molecule has 0 radical (unpaired) electrons. The second-order valence-corrected chi connectivity index (χ2v) is 5.14. The van der Waals surface area contributed by atoms with Crippen molar-refractivity contribution >= 4 is 5.78 Å². The Labute approximate surface area is 111 Å². The molecule has 0 saturated heterocycles. The summed E-state index contributed by atoms with van der Waals surface area (Å²) in [4.78, 5) is 20.1. The molecule has 98 valence electrons. The molecule has 0 aliphatic heterocycles. The topological polar surface area (TPSA) is 42.9 Å². The number of benzene rings is 1. The zero-order valence-corrected chi connectivity index (χ0v) is 10.9. The van der Waals surface area contributed by atoms with E-state index in [1.807, 2.05) is 13.8 Å². The zero-order chi connectivity index (χ0) is 13.9. The number of Topliss-reactive ketones (excluding diaryl/α,β-unsaturated/α-hetero) is 1. The van der Waals surface area contributed by atoms with Crippen molar-refractivity contribution in [2.45, 2.75) is 20.3 Å². The van der Waals surface area contributed by atoms with Gasteiger partial charge in [0.15, 0.2) is 5.78 Å². The standard InChI is InChI=1S/C15H15FN2O/c1-15(2,7-11-3-5-13(16)6-4-11)14(19)12-8-17-10-18-9-12/h3-6,8-10H,7H2,1-2H3. The Morgan fingerprint density at radius 3 is 2.32 bits per heavy atom. The van der Waals surface area contributed by atoms with Crippen LogP contribution in [0.3, 0.4) is 0 Å². The Balaban J connectivity index is 2.18. The summed E-state index contributed by atoms with van der Waals surface area (Å²) in [6.45, 7) is 3.73. The highest BCUT2D eigenvalue weighted by molar-refractivity contribution is 5.99. The zero-order valence-electron chi connectivity index (χ0n) is 10.9. The average Bonchev–Trinajstić information content (AvgIpc) is 2.41. The van der Waals surface area contributed by atoms with E-state index < -0.39 is 5.41 Å². The molecule has 0 atom stereocenters. The summed E-state index contributed by atoms with van der Waals surface area (Å²) in [6, 6.07) is 6.21. The lowest BCUT2D eigenvalue weighted by atomic mass is 9.79. The Kier molecular flexibility index (Phi) is 3.69. The molecule has 2 aromatic rings. The van der Waals surface area contributed by atoms with Gasteiger partial charge in [-0.15, -0.1) is 0 Å². The van der Waals surface area contributed by atoms with Gasteiger partial charge in [-0.05, 0) is 24.1 Å². The molecule has 0 spiro atoms. The smallest absolute Gasteiger partial charge is 0.171 e. The van der Waals surface area contributed by atoms with E-state index in [-0.39, 0.29) is 11.6 Å². The highest BCUT2D eigenvalue weighted by Crippen LogP contribution is 2.26. The van der Waals surface area contributed by atoms with Crippen LogP contribution < -0.4 is 0 Å². The molecule has 1 aromatic carbocycles. The first-order valence-electron chi connectivity index (χ1n) is 6.03. The van der Waals surface area contributed by atoms with Crippen LogP contribution in [0.2, 0.25) is 0 Å². The van der Waals surface area contributed by atoms with Crippen LogP contribution in [0.5, 0.6) is 0 Å². The third kappa shape index (κ3) is 3.22. The first-order valence-corrected chi connectivity index (χ1v) is 6.03. The second-order valence-electron chi connectivity index (χ2n) is 5.14. The molecule has 3 nitrogen and oxygen atoms in total. The molecule has 19 heavy (non-hydrogen) atoms. The fourth-order valence-electron chi connectivity index (χ4n) is 2.00. The molecule has 0 fully saturated rings. The quantitative estimate of drug-likeness (QED) is 0.791. The molecular formula is C15H15FN2O. The molecule has 0 N–H and O–H groups in total. The van der Waals surface area contributed by atoms with E-state index in [4.69, 9.17) is 0 Å². The van der Waals surface area contributed by atoms with Crippen molar-refractivity contribution in [3.8, 4) is 0 Å². The lowest BCUT2D eigenvalue weighted by molar-refractivity contribution is 0.0837. The number of aromatic nitrogens is 2. The van der Waals surface area contributed by atoms with Crippen LogP contribution in [0.4, 0.5) is 4.39 Å². The van der Waals surface area contributed by atoms with Crippen molar-refractivity contribution in [2.24, 2.45) is 5.41 Å². The summed E-state index contributed by atoms with van der Waals surface area (Å²) in [5.74, 6) is -0.290. The monoisotopic (exact) mass is 258 g/mol. The van der Waals surface area contributed by atoms with Gasteiger partial charge in [0.25, 0.3) is 0 Å². The highest BCUT2D eigenvalue weighted by atomic mass is 19.1. The van der Waals surface area contributed by atoms with E-state index in [0.29, 0.717) is 12.0 Å². The van der Waals surface area contributed by atoms with Gasteiger partial charge in [0.2, 0.25) is 0 Å². The second kappa shape index (κ2) is 5.26. The van der Waals surface area contributed by atoms with Gasteiger partial charge in [0.05, 0.1) is 5.56 Å². The van der Waals surface area contributed by atoms with Gasteiger partial charge in [0.1, 0.15) is 12.1 Å². The van der Waals surface area contributed by atoms with Crippen molar-refractivity contribution in [3.05, 3.63) is 59.9 Å². The predicted octanol–water partition coefficient (Wildman–Crippen LogP) is 3.07. The van der Waals surface area contributed by atoms with Crippen molar-refractivity contribution < 1.29 is 9.18 Å². The number of rotatable bonds is 4. The Morgan fingerprint density at radius 1 is 1.16 bits per heavy atom. The first-order chi connectivity index (χ1) is 8.99. The van der Waals surface area contributed by atoms with Gasteiger partial charge in [-0.3, -0.25) is 4.79 Å². The SMILES string of the molecule is CC(C)(Cc1ccc(F)cc1)C(=O)c1cncnc1. The van der Waals surface area contributed by atoms with E-state index in [2.05, 4.69) is 9.97 Å². The first kappa shape index (κ1) is 13.3. The summed E-state index contributed by atoms with van der Waals surface area (Å²) in [6.07, 6.45) is 4.97. The molecular weight excluding hydrogens is 243 g/mol. The van der Waals surface area contributed by atoms with E-state index in [1.165, 1.54) is 30.9 Å². The fraction of sp³-hybridized carbons (Fsp3) is 0.267. The third-order valence-corrected chi connectivity index (χ3v) is 3.00. The van der Waals surface area contributed by atoms with Crippen molar-refractivity contribution in [2.75, 3.05) is 0 Å². The van der Waals surface area contributed by atoms with Gasteiger partial charge < -0.3 is 0 Å². The largest absolute Gasteiger partial charge is 0.293 e. The summed E-state index contributed by atoms with van der Waals surface area (Å²) >= 11 is 0. The van der Waals surface area contributed by atoms with Crippen LogP contribution >= 0.6 is 0 Å². The number of carbonyl (C=O) groups is 1. The molecule has 2 rings (SSSR count). The van der Waals surface area contributed by atoms with Crippen LogP contribution in [0, 0.1) is 11.2 Å². The number of nitrogens with zero attached hydrogens (tertiary/aromatic N) is 2. The minimum absolute atomic E-state index is 0.0163. The minimum atomic E-state index is -0.581. The third-order valence-electron chi connectivity index (χ3n) is 3.00. The lowest BCUT2D eigenvalue weighted by Crippen LogP contribution is -2.27. The van der Waals surface area contributed by atoms with Crippen molar-refractivity contribution in [3.63, 3.8) is 0 Å². The molecule has 0 amide bonds. The molecule has 4 heteroatoms. The predicted molar refractivity (Wildman–Crippen MR) is 70.2 cm³/mol. The van der Waals surface area contributed by atoms with Gasteiger partial charge in [-0.2, -0.15) is 0 Å². The number of carbonyl (C=O) groups excluding carboxylic acids is 1. The maximum Gasteiger partial charge on any atom is 0.171 e. The molecule has 0 aliphatic carbocycles. The van der Waals surface area contributed by atoms with Crippen LogP contribution in [-0.4, -0.2) is 15.8 Å². The van der Waals surface area contributed by atoms with E-state index >= 15 is 0 Å². The van der Waals surface area contributed by atoms with Gasteiger partial charge in [-0.25, -0.2) is 14.4 Å². The normalized spacial score (nSPS) is 11.3. The van der Waals surface area contributed by atoms with Crippen LogP contribution in [0.25, 0.3) is 0 Å². The summed E-state index contributed by atoms with van der Waals surface area (Å²) in [5.41, 5.74) is 0.842. The van der Waals surface area contributed by atoms with Crippen LogP contribution in [0.15, 0.2) is 43.0 Å². The van der Waals surface area contributed by atoms with E-state index in [1.54, 1.807) is 12.1 Å². The Bertz CT molecular complexity index is 564. The maximum atomic E-state index is 12.9. The van der Waals surface area contributed by atoms with Crippen LogP contribution in [0.1, 0.15) is 29.8 Å². The maximum absolute atomic E-state index is 12.9. The Morgan fingerprint density at radius 2 is 1.74 bits per heavy atom. The van der Waals surface area contributed by atoms with Gasteiger partial charge >= 0.3 is 0 Å². The summed E-state index contributed by atoms with van der Waals surface area (Å²) in [7, 11) is 0.